The van der Waals surface area contributed by atoms with Gasteiger partial charge in [0.25, 0.3) is 5.60 Å². The standard InChI is InChI=1S/C32H35F3O6/c1-37-26-18-14-23(15-19-26)10-8-9-13-27(20-16-24-17-21-28(38-2)29(22-24)39-3)41-30(36)31(40-4,32(33,34)35)25-11-6-5-7-12-25/h5-8,10-12,14-15,17-19,21-22,27H,9,13,16,20H2,1-4H3/b10-8+/t27-,31-/m1/s1. The lowest BCUT2D eigenvalue weighted by molar-refractivity contribution is -0.278. The average molecular weight is 573 g/mol. The van der Waals surface area contributed by atoms with Gasteiger partial charge in [0.1, 0.15) is 11.9 Å². The molecule has 0 saturated carbocycles. The maximum Gasteiger partial charge on any atom is 0.432 e. The minimum Gasteiger partial charge on any atom is -0.497 e. The van der Waals surface area contributed by atoms with Gasteiger partial charge in [-0.25, -0.2) is 4.79 Å². The molecule has 3 rings (SSSR count). The molecule has 3 aromatic rings. The number of methoxy groups -OCH3 is 4. The van der Waals surface area contributed by atoms with E-state index in [1.807, 2.05) is 42.5 Å². The molecule has 220 valence electrons. The van der Waals surface area contributed by atoms with Gasteiger partial charge in [-0.15, -0.1) is 0 Å². The van der Waals surface area contributed by atoms with Crippen molar-refractivity contribution < 1.29 is 41.7 Å². The number of rotatable bonds is 14. The summed E-state index contributed by atoms with van der Waals surface area (Å²) in [5.74, 6) is 0.311. The molecule has 6 nitrogen and oxygen atoms in total. The Morgan fingerprint density at radius 3 is 2.10 bits per heavy atom. The summed E-state index contributed by atoms with van der Waals surface area (Å²) in [5, 5.41) is 0. The molecule has 0 bridgehead atoms. The van der Waals surface area contributed by atoms with E-state index in [1.54, 1.807) is 25.3 Å². The summed E-state index contributed by atoms with van der Waals surface area (Å²) in [6, 6.07) is 19.6. The smallest absolute Gasteiger partial charge is 0.432 e. The van der Waals surface area contributed by atoms with Crippen LogP contribution in [0.5, 0.6) is 17.2 Å². The van der Waals surface area contributed by atoms with Crippen molar-refractivity contribution in [2.45, 2.75) is 43.6 Å². The van der Waals surface area contributed by atoms with Gasteiger partial charge >= 0.3 is 12.1 Å². The van der Waals surface area contributed by atoms with Gasteiger partial charge in [0.2, 0.25) is 0 Å². The second kappa shape index (κ2) is 14.6. The van der Waals surface area contributed by atoms with E-state index in [2.05, 4.69) is 0 Å². The lowest BCUT2D eigenvalue weighted by Crippen LogP contribution is -2.52. The number of ether oxygens (including phenoxy) is 5. The van der Waals surface area contributed by atoms with Crippen molar-refractivity contribution in [3.05, 3.63) is 95.6 Å². The zero-order valence-corrected chi connectivity index (χ0v) is 23.6. The Balaban J connectivity index is 1.82. The first-order chi connectivity index (χ1) is 19.7. The average Bonchev–Trinajstić information content (AvgIpc) is 2.98. The van der Waals surface area contributed by atoms with Crippen LogP contribution in [-0.4, -0.2) is 46.7 Å². The zero-order chi connectivity index (χ0) is 29.9. The normalized spacial score (nSPS) is 13.8. The Hall–Kier alpha value is -3.98. The molecule has 2 atom stereocenters. The predicted molar refractivity (Wildman–Crippen MR) is 150 cm³/mol. The second-order valence-corrected chi connectivity index (χ2v) is 9.26. The lowest BCUT2D eigenvalue weighted by atomic mass is 9.92. The van der Waals surface area contributed by atoms with Crippen LogP contribution in [0.2, 0.25) is 0 Å². The molecular weight excluding hydrogens is 537 g/mol. The van der Waals surface area contributed by atoms with Crippen molar-refractivity contribution >= 4 is 12.0 Å². The number of aryl methyl sites for hydroxylation is 1. The number of allylic oxidation sites excluding steroid dienone is 1. The van der Waals surface area contributed by atoms with Gasteiger partial charge in [0.15, 0.2) is 11.5 Å². The SMILES string of the molecule is COc1ccc(/C=C/CC[C@H](CCc2ccc(OC)c(OC)c2)OC(=O)[C@](OC)(c2ccccc2)C(F)(F)F)cc1. The summed E-state index contributed by atoms with van der Waals surface area (Å²) in [4.78, 5) is 13.3. The fourth-order valence-corrected chi connectivity index (χ4v) is 4.46. The minimum atomic E-state index is -5.05. The maximum absolute atomic E-state index is 14.4. The molecule has 3 aromatic carbocycles. The highest BCUT2D eigenvalue weighted by atomic mass is 19.4. The molecule has 0 N–H and O–H groups in total. The van der Waals surface area contributed by atoms with Crippen LogP contribution in [0.3, 0.4) is 0 Å². The van der Waals surface area contributed by atoms with E-state index in [1.165, 1.54) is 38.5 Å². The van der Waals surface area contributed by atoms with E-state index in [9.17, 15) is 18.0 Å². The van der Waals surface area contributed by atoms with Crippen molar-refractivity contribution in [1.29, 1.82) is 0 Å². The number of hydrogen-bond donors (Lipinski definition) is 0. The highest BCUT2D eigenvalue weighted by Crippen LogP contribution is 2.43. The molecule has 0 radical (unpaired) electrons. The van der Waals surface area contributed by atoms with Gasteiger partial charge in [-0.3, -0.25) is 0 Å². The molecule has 41 heavy (non-hydrogen) atoms. The van der Waals surface area contributed by atoms with Crippen molar-refractivity contribution in [2.75, 3.05) is 28.4 Å². The van der Waals surface area contributed by atoms with Gasteiger partial charge in [0.05, 0.1) is 21.3 Å². The lowest BCUT2D eigenvalue weighted by Gasteiger charge is -2.33. The fourth-order valence-electron chi connectivity index (χ4n) is 4.46. The maximum atomic E-state index is 14.4. The highest BCUT2D eigenvalue weighted by Gasteiger charge is 2.64. The number of carbonyl (C=O) groups is 1. The number of halogens is 3. The number of carbonyl (C=O) groups excluding carboxylic acids is 1. The van der Waals surface area contributed by atoms with Gasteiger partial charge in [-0.1, -0.05) is 60.7 Å². The third-order valence-electron chi connectivity index (χ3n) is 6.73. The Morgan fingerprint density at radius 2 is 1.51 bits per heavy atom. The first-order valence-electron chi connectivity index (χ1n) is 13.1. The topological polar surface area (TPSA) is 63.2 Å². The van der Waals surface area contributed by atoms with Crippen LogP contribution >= 0.6 is 0 Å². The van der Waals surface area contributed by atoms with Gasteiger partial charge < -0.3 is 23.7 Å². The molecule has 0 aliphatic carbocycles. The number of benzene rings is 3. The second-order valence-electron chi connectivity index (χ2n) is 9.26. The predicted octanol–water partition coefficient (Wildman–Crippen LogP) is 7.15. The first kappa shape index (κ1) is 31.5. The molecule has 9 heteroatoms. The third kappa shape index (κ3) is 7.82. The largest absolute Gasteiger partial charge is 0.497 e. The Morgan fingerprint density at radius 1 is 0.829 bits per heavy atom. The molecule has 0 unspecified atom stereocenters. The van der Waals surface area contributed by atoms with Gasteiger partial charge in [-0.2, -0.15) is 13.2 Å². The zero-order valence-electron chi connectivity index (χ0n) is 23.6. The molecule has 0 heterocycles. The Bertz CT molecular complexity index is 1270. The molecule has 0 aliphatic heterocycles. The fraction of sp³-hybridized carbons (Fsp3) is 0.344. The molecule has 0 spiro atoms. The summed E-state index contributed by atoms with van der Waals surface area (Å²) >= 11 is 0. The summed E-state index contributed by atoms with van der Waals surface area (Å²) in [7, 11) is 5.50. The van der Waals surface area contributed by atoms with E-state index < -0.39 is 23.9 Å². The van der Waals surface area contributed by atoms with E-state index >= 15 is 0 Å². The molecule has 0 amide bonds. The first-order valence-corrected chi connectivity index (χ1v) is 13.1. The van der Waals surface area contributed by atoms with Crippen LogP contribution in [0.25, 0.3) is 6.08 Å². The van der Waals surface area contributed by atoms with Crippen LogP contribution in [0.4, 0.5) is 13.2 Å². The van der Waals surface area contributed by atoms with E-state index in [0.29, 0.717) is 30.8 Å². The minimum absolute atomic E-state index is 0.282. The summed E-state index contributed by atoms with van der Waals surface area (Å²) in [6.45, 7) is 0. The summed E-state index contributed by atoms with van der Waals surface area (Å²) in [5.41, 5.74) is -1.81. The van der Waals surface area contributed by atoms with Crippen LogP contribution in [-0.2, 0) is 26.3 Å². The number of esters is 1. The van der Waals surface area contributed by atoms with Crippen LogP contribution in [0.15, 0.2) is 78.9 Å². The van der Waals surface area contributed by atoms with Crippen LogP contribution in [0.1, 0.15) is 36.0 Å². The molecule has 0 fully saturated rings. The van der Waals surface area contributed by atoms with E-state index in [4.69, 9.17) is 23.7 Å². The van der Waals surface area contributed by atoms with Crippen molar-refractivity contribution in [1.82, 2.24) is 0 Å². The third-order valence-corrected chi connectivity index (χ3v) is 6.73. The Kier molecular flexibility index (Phi) is 11.2. The van der Waals surface area contributed by atoms with Crippen molar-refractivity contribution in [3.63, 3.8) is 0 Å². The quantitative estimate of drug-likeness (QED) is 0.191. The molecule has 0 aromatic heterocycles. The Labute approximate surface area is 238 Å². The van der Waals surface area contributed by atoms with Crippen LogP contribution < -0.4 is 14.2 Å². The van der Waals surface area contributed by atoms with E-state index in [0.717, 1.165) is 24.0 Å². The molecule has 0 saturated heterocycles. The number of hydrogen-bond acceptors (Lipinski definition) is 6. The summed E-state index contributed by atoms with van der Waals surface area (Å²) < 4.78 is 69.7. The molecule has 0 aliphatic rings. The van der Waals surface area contributed by atoms with Crippen molar-refractivity contribution in [2.24, 2.45) is 0 Å². The number of alkyl halides is 3. The van der Waals surface area contributed by atoms with Gasteiger partial charge in [0, 0.05) is 12.7 Å². The van der Waals surface area contributed by atoms with E-state index in [-0.39, 0.29) is 12.0 Å². The molecular formula is C32H35F3O6. The van der Waals surface area contributed by atoms with Crippen molar-refractivity contribution in [3.8, 4) is 17.2 Å². The highest BCUT2D eigenvalue weighted by molar-refractivity contribution is 5.82. The van der Waals surface area contributed by atoms with Gasteiger partial charge in [-0.05, 0) is 61.1 Å². The summed E-state index contributed by atoms with van der Waals surface area (Å²) in [6.07, 6.45) is -0.609. The monoisotopic (exact) mass is 572 g/mol. The van der Waals surface area contributed by atoms with Crippen LogP contribution in [0, 0.1) is 0 Å².